The van der Waals surface area contributed by atoms with Crippen molar-refractivity contribution in [3.8, 4) is 5.75 Å². The summed E-state index contributed by atoms with van der Waals surface area (Å²) < 4.78 is 11.5. The first-order valence-electron chi connectivity index (χ1n) is 8.27. The van der Waals surface area contributed by atoms with Gasteiger partial charge < -0.3 is 14.4 Å². The molecule has 1 aromatic rings. The number of unbranched alkanes of at least 4 members (excludes halogenated alkanes) is 1. The van der Waals surface area contributed by atoms with Crippen LogP contribution in [-0.4, -0.2) is 44.2 Å². The summed E-state index contributed by atoms with van der Waals surface area (Å²) in [6.45, 7) is 10.0. The van der Waals surface area contributed by atoms with Gasteiger partial charge in [0.15, 0.2) is 5.78 Å². The van der Waals surface area contributed by atoms with Crippen LogP contribution in [0, 0.1) is 0 Å². The van der Waals surface area contributed by atoms with E-state index in [2.05, 4.69) is 13.8 Å². The van der Waals surface area contributed by atoms with Gasteiger partial charge in [0.05, 0.1) is 13.2 Å². The highest BCUT2D eigenvalue weighted by molar-refractivity contribution is 5.94. The van der Waals surface area contributed by atoms with Crippen LogP contribution in [0.1, 0.15) is 44.0 Å². The number of morpholine rings is 1. The zero-order valence-corrected chi connectivity index (χ0v) is 13.9. The Hall–Kier alpha value is -1.39. The fraction of sp³-hybridized carbons (Fsp3) is 0.611. The highest BCUT2D eigenvalue weighted by Gasteiger charge is 2.24. The van der Waals surface area contributed by atoms with Crippen molar-refractivity contribution in [3.05, 3.63) is 29.8 Å². The fourth-order valence-corrected chi connectivity index (χ4v) is 3.05. The molecule has 0 bridgehead atoms. The Bertz CT molecular complexity index is 462. The molecule has 22 heavy (non-hydrogen) atoms. The van der Waals surface area contributed by atoms with Gasteiger partial charge in [0.1, 0.15) is 31.0 Å². The van der Waals surface area contributed by atoms with Gasteiger partial charge in [-0.1, -0.05) is 0 Å². The lowest BCUT2D eigenvalue weighted by molar-refractivity contribution is -0.915. The van der Waals surface area contributed by atoms with Crippen LogP contribution in [0.3, 0.4) is 0 Å². The van der Waals surface area contributed by atoms with E-state index >= 15 is 0 Å². The van der Waals surface area contributed by atoms with Gasteiger partial charge in [-0.15, -0.1) is 0 Å². The van der Waals surface area contributed by atoms with Crippen molar-refractivity contribution in [1.29, 1.82) is 0 Å². The third kappa shape index (κ3) is 5.43. The van der Waals surface area contributed by atoms with E-state index in [-0.39, 0.29) is 5.78 Å². The summed E-state index contributed by atoms with van der Waals surface area (Å²) >= 11 is 0. The second-order valence-electron chi connectivity index (χ2n) is 6.30. The van der Waals surface area contributed by atoms with E-state index in [1.54, 1.807) is 11.8 Å². The number of hydrogen-bond acceptors (Lipinski definition) is 3. The van der Waals surface area contributed by atoms with E-state index in [9.17, 15) is 4.79 Å². The van der Waals surface area contributed by atoms with Gasteiger partial charge in [0.25, 0.3) is 0 Å². The molecule has 0 aromatic heterocycles. The summed E-state index contributed by atoms with van der Waals surface area (Å²) in [4.78, 5) is 12.8. The van der Waals surface area contributed by atoms with Crippen molar-refractivity contribution in [2.24, 2.45) is 0 Å². The quantitative estimate of drug-likeness (QED) is 0.616. The Labute approximate surface area is 133 Å². The van der Waals surface area contributed by atoms with Crippen LogP contribution in [-0.2, 0) is 4.74 Å². The molecular weight excluding hydrogens is 278 g/mol. The van der Waals surface area contributed by atoms with Crippen molar-refractivity contribution < 1.29 is 19.2 Å². The maximum atomic E-state index is 11.2. The third-order valence-corrected chi connectivity index (χ3v) is 4.07. The first kappa shape index (κ1) is 17.0. The summed E-state index contributed by atoms with van der Waals surface area (Å²) in [5.74, 6) is 0.925. The Morgan fingerprint density at radius 2 is 1.82 bits per heavy atom. The molecular formula is C18H28NO3+. The average Bonchev–Trinajstić information content (AvgIpc) is 2.46. The SMILES string of the molecule is CC(=O)c1ccc(OCCCC[NH+]2C[C@H](C)O[C@@H](C)C2)cc1. The Kier molecular flexibility index (Phi) is 6.40. The molecule has 0 radical (unpaired) electrons. The molecule has 0 aliphatic carbocycles. The lowest BCUT2D eigenvalue weighted by Crippen LogP contribution is -3.15. The number of nitrogens with one attached hydrogen (secondary N) is 1. The van der Waals surface area contributed by atoms with Gasteiger partial charge in [-0.05, 0) is 57.9 Å². The first-order valence-corrected chi connectivity index (χ1v) is 8.27. The number of benzene rings is 1. The molecule has 1 aliphatic heterocycles. The Morgan fingerprint density at radius 1 is 1.18 bits per heavy atom. The maximum Gasteiger partial charge on any atom is 0.159 e. The van der Waals surface area contributed by atoms with Crippen molar-refractivity contribution in [3.63, 3.8) is 0 Å². The zero-order chi connectivity index (χ0) is 15.9. The minimum absolute atomic E-state index is 0.0866. The fourth-order valence-electron chi connectivity index (χ4n) is 3.05. The molecule has 122 valence electrons. The highest BCUT2D eigenvalue weighted by Crippen LogP contribution is 2.12. The lowest BCUT2D eigenvalue weighted by atomic mass is 10.1. The molecule has 1 N–H and O–H groups in total. The summed E-state index contributed by atoms with van der Waals surface area (Å²) in [7, 11) is 0. The minimum Gasteiger partial charge on any atom is -0.494 e. The molecule has 1 saturated heterocycles. The van der Waals surface area contributed by atoms with Crippen molar-refractivity contribution in [2.45, 2.75) is 45.8 Å². The van der Waals surface area contributed by atoms with Crippen LogP contribution in [0.5, 0.6) is 5.75 Å². The number of ether oxygens (including phenoxy) is 2. The number of ketones is 1. The smallest absolute Gasteiger partial charge is 0.159 e. The third-order valence-electron chi connectivity index (χ3n) is 4.07. The van der Waals surface area contributed by atoms with E-state index in [1.807, 2.05) is 24.3 Å². The molecule has 2 atom stereocenters. The van der Waals surface area contributed by atoms with Gasteiger partial charge in [-0.25, -0.2) is 0 Å². The lowest BCUT2D eigenvalue weighted by Gasteiger charge is -2.32. The molecule has 4 nitrogen and oxygen atoms in total. The second kappa shape index (κ2) is 8.30. The molecule has 0 amide bonds. The first-order chi connectivity index (χ1) is 10.5. The molecule has 1 aliphatic rings. The van der Waals surface area contributed by atoms with Gasteiger partial charge in [-0.2, -0.15) is 0 Å². The monoisotopic (exact) mass is 306 g/mol. The van der Waals surface area contributed by atoms with E-state index in [4.69, 9.17) is 9.47 Å². The predicted octanol–water partition coefficient (Wildman–Crippen LogP) is 1.74. The normalized spacial score (nSPS) is 25.0. The molecule has 1 fully saturated rings. The number of carbonyl (C=O) groups excluding carboxylic acids is 1. The molecule has 0 spiro atoms. The molecule has 4 heteroatoms. The summed E-state index contributed by atoms with van der Waals surface area (Å²) in [6, 6.07) is 7.37. The van der Waals surface area contributed by atoms with E-state index in [1.165, 1.54) is 13.0 Å². The van der Waals surface area contributed by atoms with E-state index in [0.29, 0.717) is 12.2 Å². The molecule has 2 rings (SSSR count). The second-order valence-corrected chi connectivity index (χ2v) is 6.30. The number of carbonyl (C=O) groups is 1. The summed E-state index contributed by atoms with van der Waals surface area (Å²) in [5.41, 5.74) is 0.728. The van der Waals surface area contributed by atoms with Gasteiger partial charge in [0.2, 0.25) is 0 Å². The largest absolute Gasteiger partial charge is 0.494 e. The average molecular weight is 306 g/mol. The van der Waals surface area contributed by atoms with Crippen LogP contribution in [0.15, 0.2) is 24.3 Å². The van der Waals surface area contributed by atoms with Crippen LogP contribution in [0.25, 0.3) is 0 Å². The molecule has 1 heterocycles. The Balaban J connectivity index is 1.62. The molecule has 0 saturated carbocycles. The molecule has 1 aromatic carbocycles. The van der Waals surface area contributed by atoms with Crippen LogP contribution in [0.4, 0.5) is 0 Å². The minimum atomic E-state index is 0.0866. The van der Waals surface area contributed by atoms with Crippen molar-refractivity contribution >= 4 is 5.78 Å². The number of quaternary nitrogens is 1. The van der Waals surface area contributed by atoms with Gasteiger partial charge >= 0.3 is 0 Å². The van der Waals surface area contributed by atoms with Crippen molar-refractivity contribution in [1.82, 2.24) is 0 Å². The predicted molar refractivity (Wildman–Crippen MR) is 86.7 cm³/mol. The van der Waals surface area contributed by atoms with E-state index < -0.39 is 0 Å². The van der Waals surface area contributed by atoms with Crippen LogP contribution < -0.4 is 9.64 Å². The summed E-state index contributed by atoms with van der Waals surface area (Å²) in [5, 5.41) is 0. The maximum absolute atomic E-state index is 11.2. The van der Waals surface area contributed by atoms with E-state index in [0.717, 1.165) is 37.4 Å². The van der Waals surface area contributed by atoms with Gasteiger partial charge in [0, 0.05) is 5.56 Å². The van der Waals surface area contributed by atoms with Crippen LogP contribution >= 0.6 is 0 Å². The van der Waals surface area contributed by atoms with Crippen LogP contribution in [0.2, 0.25) is 0 Å². The van der Waals surface area contributed by atoms with Crippen molar-refractivity contribution in [2.75, 3.05) is 26.2 Å². The molecule has 0 unspecified atom stereocenters. The zero-order valence-electron chi connectivity index (χ0n) is 13.9. The Morgan fingerprint density at radius 3 is 2.41 bits per heavy atom. The highest BCUT2D eigenvalue weighted by atomic mass is 16.5. The number of rotatable bonds is 7. The van der Waals surface area contributed by atoms with Gasteiger partial charge in [-0.3, -0.25) is 4.79 Å². The number of Topliss-reactive ketones (excluding diaryl/α,β-unsaturated/α-hetero) is 1. The number of hydrogen-bond donors (Lipinski definition) is 1. The topological polar surface area (TPSA) is 40.0 Å². The standard InChI is InChI=1S/C18H27NO3/c1-14-12-19(13-15(2)22-14)10-4-5-11-21-18-8-6-17(7-9-18)16(3)20/h6-9,14-15H,4-5,10-13H2,1-3H3/p+1/t14-,15-/m0/s1. The summed E-state index contributed by atoms with van der Waals surface area (Å²) in [6.07, 6.45) is 2.96.